The predicted molar refractivity (Wildman–Crippen MR) is 133 cm³/mol. The molecule has 3 aromatic rings. The first-order valence-electron chi connectivity index (χ1n) is 11.6. The minimum atomic E-state index is -0.411. The monoisotopic (exact) mass is 470 g/mol. The van der Waals surface area contributed by atoms with E-state index < -0.39 is 7.12 Å². The van der Waals surface area contributed by atoms with Crippen LogP contribution in [0.2, 0.25) is 0 Å². The predicted octanol–water partition coefficient (Wildman–Crippen LogP) is 2.98. The maximum absolute atomic E-state index is 5.42. The van der Waals surface area contributed by atoms with Crippen molar-refractivity contribution in [1.82, 2.24) is 29.1 Å². The Kier molecular flexibility index (Phi) is 7.74. The van der Waals surface area contributed by atoms with Crippen LogP contribution in [-0.4, -0.2) is 77.3 Å². The highest BCUT2D eigenvalue weighted by molar-refractivity contribution is 6.52. The van der Waals surface area contributed by atoms with Crippen LogP contribution in [0, 0.1) is 0 Å². The van der Waals surface area contributed by atoms with Gasteiger partial charge in [0.05, 0.1) is 36.9 Å². The van der Waals surface area contributed by atoms with Crippen LogP contribution in [0.15, 0.2) is 36.8 Å². The van der Waals surface area contributed by atoms with Gasteiger partial charge in [-0.15, -0.1) is 0 Å². The molecule has 10 heteroatoms. The van der Waals surface area contributed by atoms with E-state index in [1.165, 1.54) is 0 Å². The molecule has 0 saturated heterocycles. The minimum absolute atomic E-state index is 0.226. The summed E-state index contributed by atoms with van der Waals surface area (Å²) >= 11 is 0. The SMILES string of the molecule is COCC(C)(C)c1ccn([B-](n2ccc(C(C)(C)COC)n2)n2ccc(C(C)(C)COC)n2)n1. The van der Waals surface area contributed by atoms with Crippen molar-refractivity contribution in [2.24, 2.45) is 0 Å². The number of rotatable bonds is 12. The van der Waals surface area contributed by atoms with E-state index in [0.29, 0.717) is 19.8 Å². The first kappa shape index (κ1) is 26.2. The van der Waals surface area contributed by atoms with E-state index in [4.69, 9.17) is 29.5 Å². The molecule has 0 amide bonds. The molecule has 0 aliphatic heterocycles. The van der Waals surface area contributed by atoms with Gasteiger partial charge in [-0.25, -0.2) is 15.3 Å². The molecule has 0 bridgehead atoms. The molecule has 0 aliphatic rings. The van der Waals surface area contributed by atoms with Gasteiger partial charge in [0.15, 0.2) is 0 Å². The Morgan fingerprint density at radius 3 is 1.09 bits per heavy atom. The summed E-state index contributed by atoms with van der Waals surface area (Å²) in [5, 5.41) is 14.8. The molecule has 0 atom stereocenters. The Balaban J connectivity index is 2.07. The Labute approximate surface area is 203 Å². The number of hydrogen-bond acceptors (Lipinski definition) is 6. The zero-order valence-corrected chi connectivity index (χ0v) is 22.1. The van der Waals surface area contributed by atoms with Gasteiger partial charge in [0.2, 0.25) is 0 Å². The second-order valence-corrected chi connectivity index (χ2v) is 10.8. The maximum atomic E-state index is 5.42. The molecule has 3 heterocycles. The van der Waals surface area contributed by atoms with Crippen LogP contribution in [0.3, 0.4) is 0 Å². The van der Waals surface area contributed by atoms with Crippen molar-refractivity contribution in [2.75, 3.05) is 41.2 Å². The summed E-state index contributed by atoms with van der Waals surface area (Å²) in [6, 6.07) is 6.10. The van der Waals surface area contributed by atoms with E-state index >= 15 is 0 Å². The van der Waals surface area contributed by atoms with Crippen LogP contribution in [0.4, 0.5) is 0 Å². The van der Waals surface area contributed by atoms with Gasteiger partial charge in [-0.3, -0.25) is 0 Å². The molecule has 187 valence electrons. The molecule has 34 heavy (non-hydrogen) atoms. The fourth-order valence-electron chi connectivity index (χ4n) is 4.15. The molecule has 0 aromatic carbocycles. The lowest BCUT2D eigenvalue weighted by atomic mass is 9.91. The average Bonchev–Trinajstić information content (AvgIpc) is 3.50. The molecule has 0 spiro atoms. The number of hydrogen-bond donors (Lipinski definition) is 0. The minimum Gasteiger partial charge on any atom is -0.425 e. The van der Waals surface area contributed by atoms with Crippen LogP contribution in [0.5, 0.6) is 0 Å². The lowest BCUT2D eigenvalue weighted by Crippen LogP contribution is -2.44. The smallest absolute Gasteiger partial charge is 0.260 e. The molecule has 3 aromatic heterocycles. The van der Waals surface area contributed by atoms with Gasteiger partial charge < -0.3 is 28.0 Å². The van der Waals surface area contributed by atoms with Crippen LogP contribution in [0.1, 0.15) is 58.6 Å². The molecule has 0 fully saturated rings. The van der Waals surface area contributed by atoms with Gasteiger partial charge in [-0.05, 0) is 36.8 Å². The first-order valence-corrected chi connectivity index (χ1v) is 11.6. The third-order valence-corrected chi connectivity index (χ3v) is 6.13. The Morgan fingerprint density at radius 1 is 0.588 bits per heavy atom. The first-order chi connectivity index (χ1) is 15.9. The lowest BCUT2D eigenvalue weighted by Gasteiger charge is -2.31. The van der Waals surface area contributed by atoms with Gasteiger partial charge >= 0.3 is 0 Å². The van der Waals surface area contributed by atoms with E-state index in [-0.39, 0.29) is 16.2 Å². The van der Waals surface area contributed by atoms with Gasteiger partial charge in [0.1, 0.15) is 0 Å². The largest absolute Gasteiger partial charge is 0.425 e. The quantitative estimate of drug-likeness (QED) is 0.379. The molecule has 1 radical (unpaired) electrons. The Bertz CT molecular complexity index is 935. The lowest BCUT2D eigenvalue weighted by molar-refractivity contribution is 0.144. The van der Waals surface area contributed by atoms with E-state index in [2.05, 4.69) is 41.5 Å². The van der Waals surface area contributed by atoms with Crippen molar-refractivity contribution in [3.8, 4) is 0 Å². The molecule has 0 aliphatic carbocycles. The van der Waals surface area contributed by atoms with Crippen LogP contribution < -0.4 is 0 Å². The summed E-state index contributed by atoms with van der Waals surface area (Å²) in [5.74, 6) is 0. The highest BCUT2D eigenvalue weighted by atomic mass is 16.5. The molecular weight excluding hydrogens is 431 g/mol. The van der Waals surface area contributed by atoms with Crippen molar-refractivity contribution in [3.05, 3.63) is 53.9 Å². The standard InChI is InChI=1S/C24H39BN6O3/c1-22(2,16-32-7)19-10-13-29(26-19)25(30-14-11-20(27-30)23(3,4)17-33-8)31-15-12-21(28-31)24(5,6)18-34-9/h10-15H,16-18H2,1-9H3/q-1. The molecule has 0 saturated carbocycles. The fraction of sp³-hybridized carbons (Fsp3) is 0.625. The Hall–Kier alpha value is -2.43. The normalized spacial score (nSPS) is 13.2. The third kappa shape index (κ3) is 5.45. The van der Waals surface area contributed by atoms with Crippen molar-refractivity contribution >= 4 is 7.12 Å². The number of methoxy groups -OCH3 is 3. The van der Waals surface area contributed by atoms with Gasteiger partial charge in [0.25, 0.3) is 7.12 Å². The number of nitrogens with zero attached hydrogens (tertiary/aromatic N) is 6. The second-order valence-electron chi connectivity index (χ2n) is 10.8. The van der Waals surface area contributed by atoms with E-state index in [1.54, 1.807) is 21.3 Å². The van der Waals surface area contributed by atoms with Crippen molar-refractivity contribution < 1.29 is 14.2 Å². The molecule has 9 nitrogen and oxygen atoms in total. The van der Waals surface area contributed by atoms with E-state index in [0.717, 1.165) is 17.1 Å². The van der Waals surface area contributed by atoms with Crippen LogP contribution in [0.25, 0.3) is 0 Å². The Morgan fingerprint density at radius 2 is 0.853 bits per heavy atom. The fourth-order valence-corrected chi connectivity index (χ4v) is 4.15. The molecule has 0 unspecified atom stereocenters. The van der Waals surface area contributed by atoms with Crippen molar-refractivity contribution in [1.29, 1.82) is 0 Å². The summed E-state index contributed by atoms with van der Waals surface area (Å²) in [6.07, 6.45) is 5.92. The molecular formula is C24H39BN6O3-. The average molecular weight is 470 g/mol. The highest BCUT2D eigenvalue weighted by Gasteiger charge is 2.27. The summed E-state index contributed by atoms with van der Waals surface area (Å²) in [4.78, 5) is 0. The topological polar surface area (TPSA) is 81.2 Å². The maximum Gasteiger partial charge on any atom is 0.260 e. The van der Waals surface area contributed by atoms with Gasteiger partial charge in [-0.2, -0.15) is 0 Å². The highest BCUT2D eigenvalue weighted by Crippen LogP contribution is 2.25. The second kappa shape index (κ2) is 10.1. The third-order valence-electron chi connectivity index (χ3n) is 6.13. The number of ether oxygens (including phenoxy) is 3. The van der Waals surface area contributed by atoms with Crippen LogP contribution in [-0.2, 0) is 30.5 Å². The number of aromatic nitrogens is 6. The van der Waals surface area contributed by atoms with Crippen molar-refractivity contribution in [3.63, 3.8) is 0 Å². The van der Waals surface area contributed by atoms with Crippen LogP contribution >= 0.6 is 0 Å². The zero-order valence-electron chi connectivity index (χ0n) is 22.1. The zero-order chi connectivity index (χ0) is 25.1. The summed E-state index contributed by atoms with van der Waals surface area (Å²) in [7, 11) is 4.72. The van der Waals surface area contributed by atoms with Gasteiger partial charge in [-0.1, -0.05) is 41.5 Å². The van der Waals surface area contributed by atoms with Gasteiger partial charge in [0, 0.05) is 37.6 Å². The van der Waals surface area contributed by atoms with E-state index in [9.17, 15) is 0 Å². The molecule has 0 N–H and O–H groups in total. The summed E-state index contributed by atoms with van der Waals surface area (Å²) in [5.41, 5.74) is 2.15. The van der Waals surface area contributed by atoms with E-state index in [1.807, 2.05) is 50.6 Å². The van der Waals surface area contributed by atoms with Crippen molar-refractivity contribution in [2.45, 2.75) is 57.8 Å². The molecule has 3 rings (SSSR count). The summed E-state index contributed by atoms with van der Waals surface area (Å²) < 4.78 is 21.9. The summed E-state index contributed by atoms with van der Waals surface area (Å²) in [6.45, 7) is 14.4.